The van der Waals surface area contributed by atoms with Crippen molar-refractivity contribution in [2.75, 3.05) is 17.7 Å². The minimum absolute atomic E-state index is 0.434. The summed E-state index contributed by atoms with van der Waals surface area (Å²) in [4.78, 5) is 12.7. The predicted octanol–water partition coefficient (Wildman–Crippen LogP) is 4.95. The van der Waals surface area contributed by atoms with Gasteiger partial charge in [-0.25, -0.2) is 9.97 Å². The average molecular weight is 399 g/mol. The van der Waals surface area contributed by atoms with Crippen molar-refractivity contribution < 1.29 is 9.47 Å². The van der Waals surface area contributed by atoms with E-state index >= 15 is 0 Å². The Morgan fingerprint density at radius 1 is 0.733 bits per heavy atom. The van der Waals surface area contributed by atoms with E-state index in [-0.39, 0.29) is 0 Å². The van der Waals surface area contributed by atoms with E-state index in [0.29, 0.717) is 18.5 Å². The van der Waals surface area contributed by atoms with E-state index in [9.17, 15) is 0 Å². The SMILES string of the molecule is COc1cccc(Nc2ncnc(Nc3ccc(OCc4ccccc4)cc3)n2)c1. The molecular weight excluding hydrogens is 378 g/mol. The van der Waals surface area contributed by atoms with Gasteiger partial charge in [0, 0.05) is 17.4 Å². The summed E-state index contributed by atoms with van der Waals surface area (Å²) in [7, 11) is 1.63. The number of ether oxygens (including phenoxy) is 2. The van der Waals surface area contributed by atoms with Crippen molar-refractivity contribution in [2.24, 2.45) is 0 Å². The highest BCUT2D eigenvalue weighted by Gasteiger charge is 2.04. The fourth-order valence-corrected chi connectivity index (χ4v) is 2.75. The molecule has 0 saturated heterocycles. The minimum Gasteiger partial charge on any atom is -0.497 e. The lowest BCUT2D eigenvalue weighted by Crippen LogP contribution is -2.03. The molecule has 3 aromatic carbocycles. The lowest BCUT2D eigenvalue weighted by atomic mass is 10.2. The first-order chi connectivity index (χ1) is 14.8. The minimum atomic E-state index is 0.434. The van der Waals surface area contributed by atoms with Gasteiger partial charge in [-0.15, -0.1) is 0 Å². The molecule has 2 N–H and O–H groups in total. The largest absolute Gasteiger partial charge is 0.497 e. The van der Waals surface area contributed by atoms with Gasteiger partial charge in [0.1, 0.15) is 24.4 Å². The third-order valence-electron chi connectivity index (χ3n) is 4.26. The number of methoxy groups -OCH3 is 1. The summed E-state index contributed by atoms with van der Waals surface area (Å²) in [6.07, 6.45) is 1.45. The van der Waals surface area contributed by atoms with E-state index in [1.54, 1.807) is 7.11 Å². The Kier molecular flexibility index (Phi) is 6.00. The van der Waals surface area contributed by atoms with Crippen LogP contribution in [0.5, 0.6) is 11.5 Å². The van der Waals surface area contributed by atoms with Gasteiger partial charge in [-0.05, 0) is 42.0 Å². The summed E-state index contributed by atoms with van der Waals surface area (Å²) in [5, 5.41) is 6.32. The van der Waals surface area contributed by atoms with Crippen LogP contribution in [-0.2, 0) is 6.61 Å². The Balaban J connectivity index is 1.37. The number of aromatic nitrogens is 3. The van der Waals surface area contributed by atoms with Gasteiger partial charge >= 0.3 is 0 Å². The fourth-order valence-electron chi connectivity index (χ4n) is 2.75. The van der Waals surface area contributed by atoms with Gasteiger partial charge in [0.2, 0.25) is 11.9 Å². The molecule has 0 saturated carbocycles. The van der Waals surface area contributed by atoms with Crippen LogP contribution in [0.4, 0.5) is 23.3 Å². The molecular formula is C23H21N5O2. The molecule has 4 aromatic rings. The molecule has 0 amide bonds. The second-order valence-corrected chi connectivity index (χ2v) is 6.41. The first-order valence-corrected chi connectivity index (χ1v) is 9.42. The molecule has 150 valence electrons. The highest BCUT2D eigenvalue weighted by Crippen LogP contribution is 2.21. The Labute approximate surface area is 174 Å². The highest BCUT2D eigenvalue weighted by molar-refractivity contribution is 5.58. The Bertz CT molecular complexity index is 1090. The van der Waals surface area contributed by atoms with Gasteiger partial charge in [-0.1, -0.05) is 36.4 Å². The molecule has 0 unspecified atom stereocenters. The third kappa shape index (κ3) is 5.23. The molecule has 30 heavy (non-hydrogen) atoms. The number of hydrogen-bond donors (Lipinski definition) is 2. The predicted molar refractivity (Wildman–Crippen MR) is 117 cm³/mol. The van der Waals surface area contributed by atoms with E-state index in [1.165, 1.54) is 6.33 Å². The maximum Gasteiger partial charge on any atom is 0.232 e. The van der Waals surface area contributed by atoms with Crippen molar-refractivity contribution in [3.05, 3.63) is 90.8 Å². The number of hydrogen-bond acceptors (Lipinski definition) is 7. The zero-order valence-electron chi connectivity index (χ0n) is 16.4. The monoisotopic (exact) mass is 399 g/mol. The summed E-state index contributed by atoms with van der Waals surface area (Å²) in [6.45, 7) is 0.528. The van der Waals surface area contributed by atoms with Crippen molar-refractivity contribution in [3.8, 4) is 11.5 Å². The molecule has 7 heteroatoms. The lowest BCUT2D eigenvalue weighted by Gasteiger charge is -2.10. The molecule has 1 heterocycles. The van der Waals surface area contributed by atoms with Gasteiger partial charge in [-0.3, -0.25) is 0 Å². The third-order valence-corrected chi connectivity index (χ3v) is 4.26. The zero-order chi connectivity index (χ0) is 20.6. The van der Waals surface area contributed by atoms with Crippen LogP contribution < -0.4 is 20.1 Å². The number of benzene rings is 3. The second-order valence-electron chi connectivity index (χ2n) is 6.41. The van der Waals surface area contributed by atoms with Crippen LogP contribution in [0.1, 0.15) is 5.56 Å². The van der Waals surface area contributed by atoms with Crippen LogP contribution in [0.15, 0.2) is 85.2 Å². The van der Waals surface area contributed by atoms with Crippen LogP contribution in [0, 0.1) is 0 Å². The van der Waals surface area contributed by atoms with E-state index in [4.69, 9.17) is 9.47 Å². The maximum absolute atomic E-state index is 5.81. The van der Waals surface area contributed by atoms with Crippen LogP contribution in [0.3, 0.4) is 0 Å². The number of nitrogens with zero attached hydrogens (tertiary/aromatic N) is 3. The Morgan fingerprint density at radius 2 is 1.47 bits per heavy atom. The summed E-state index contributed by atoms with van der Waals surface area (Å²) >= 11 is 0. The molecule has 0 fully saturated rings. The summed E-state index contributed by atoms with van der Waals surface area (Å²) in [5.74, 6) is 2.42. The van der Waals surface area contributed by atoms with Crippen LogP contribution in [0.25, 0.3) is 0 Å². The molecule has 7 nitrogen and oxygen atoms in total. The van der Waals surface area contributed by atoms with Gasteiger partial charge in [0.15, 0.2) is 0 Å². The number of rotatable bonds is 8. The molecule has 0 aliphatic heterocycles. The van der Waals surface area contributed by atoms with E-state index in [2.05, 4.69) is 25.6 Å². The Morgan fingerprint density at radius 3 is 2.20 bits per heavy atom. The molecule has 1 aromatic heterocycles. The zero-order valence-corrected chi connectivity index (χ0v) is 16.4. The summed E-state index contributed by atoms with van der Waals surface area (Å²) in [6, 6.07) is 25.2. The van der Waals surface area contributed by atoms with Gasteiger partial charge in [0.05, 0.1) is 7.11 Å². The second kappa shape index (κ2) is 9.38. The van der Waals surface area contributed by atoms with Gasteiger partial charge < -0.3 is 20.1 Å². The normalized spacial score (nSPS) is 10.3. The number of nitrogens with one attached hydrogen (secondary N) is 2. The lowest BCUT2D eigenvalue weighted by molar-refractivity contribution is 0.306. The van der Waals surface area contributed by atoms with Crippen LogP contribution in [0.2, 0.25) is 0 Å². The smallest absolute Gasteiger partial charge is 0.232 e. The molecule has 0 radical (unpaired) electrons. The van der Waals surface area contributed by atoms with Crippen LogP contribution in [-0.4, -0.2) is 22.1 Å². The van der Waals surface area contributed by atoms with E-state index in [0.717, 1.165) is 28.4 Å². The molecule has 0 aliphatic carbocycles. The van der Waals surface area contributed by atoms with Crippen molar-refractivity contribution >= 4 is 23.3 Å². The van der Waals surface area contributed by atoms with Crippen molar-refractivity contribution in [2.45, 2.75) is 6.61 Å². The highest BCUT2D eigenvalue weighted by atomic mass is 16.5. The van der Waals surface area contributed by atoms with Gasteiger partial charge in [0.25, 0.3) is 0 Å². The summed E-state index contributed by atoms with van der Waals surface area (Å²) < 4.78 is 11.0. The Hall–Kier alpha value is -4.13. The van der Waals surface area contributed by atoms with E-state index in [1.807, 2.05) is 78.9 Å². The van der Waals surface area contributed by atoms with Crippen molar-refractivity contribution in [1.82, 2.24) is 15.0 Å². The van der Waals surface area contributed by atoms with Crippen LogP contribution >= 0.6 is 0 Å². The van der Waals surface area contributed by atoms with Crippen molar-refractivity contribution in [1.29, 1.82) is 0 Å². The molecule has 4 rings (SSSR count). The molecule has 0 atom stereocenters. The number of anilines is 4. The van der Waals surface area contributed by atoms with Crippen molar-refractivity contribution in [3.63, 3.8) is 0 Å². The molecule has 0 aliphatic rings. The first-order valence-electron chi connectivity index (χ1n) is 9.42. The standard InChI is InChI=1S/C23H21N5O2/c1-29-21-9-5-8-19(14-21)27-23-25-16-24-22(28-23)26-18-10-12-20(13-11-18)30-15-17-6-3-2-4-7-17/h2-14,16H,15H2,1H3,(H2,24,25,26,27,28). The average Bonchev–Trinajstić information content (AvgIpc) is 2.80. The molecule has 0 spiro atoms. The van der Waals surface area contributed by atoms with Gasteiger partial charge in [-0.2, -0.15) is 4.98 Å². The topological polar surface area (TPSA) is 81.2 Å². The van der Waals surface area contributed by atoms with E-state index < -0.39 is 0 Å². The fraction of sp³-hybridized carbons (Fsp3) is 0.0870. The summed E-state index contributed by atoms with van der Waals surface area (Å²) in [5.41, 5.74) is 2.80. The maximum atomic E-state index is 5.81. The first kappa shape index (κ1) is 19.2. The quantitative estimate of drug-likeness (QED) is 0.434. The molecule has 0 bridgehead atoms.